The van der Waals surface area contributed by atoms with Gasteiger partial charge in [-0.05, 0) is 44.4 Å². The number of hydrogen-bond donors (Lipinski definition) is 2. The lowest BCUT2D eigenvalue weighted by Gasteiger charge is -2.26. The first-order valence-corrected chi connectivity index (χ1v) is 10.9. The van der Waals surface area contributed by atoms with Gasteiger partial charge in [0.25, 0.3) is 0 Å². The highest BCUT2D eigenvalue weighted by Crippen LogP contribution is 2.21. The average Bonchev–Trinajstić information content (AvgIpc) is 3.12. The number of nitrogens with one attached hydrogen (secondary N) is 2. The third-order valence-corrected chi connectivity index (χ3v) is 5.50. The molecule has 0 bridgehead atoms. The zero-order valence-corrected chi connectivity index (χ0v) is 20.3. The van der Waals surface area contributed by atoms with Crippen LogP contribution >= 0.6 is 35.3 Å². The summed E-state index contributed by atoms with van der Waals surface area (Å²) in [6.07, 6.45) is 3.62. The third kappa shape index (κ3) is 7.26. The second kappa shape index (κ2) is 12.1. The number of amides is 1. The van der Waals surface area contributed by atoms with Gasteiger partial charge in [-0.15, -0.1) is 35.3 Å². The molecule has 0 spiro atoms. The number of rotatable bonds is 7. The predicted octanol–water partition coefficient (Wildman–Crippen LogP) is 3.88. The third-order valence-electron chi connectivity index (χ3n) is 4.68. The van der Waals surface area contributed by atoms with Crippen LogP contribution in [-0.4, -0.2) is 36.5 Å². The topological polar surface area (TPSA) is 69.6 Å². The van der Waals surface area contributed by atoms with Crippen LogP contribution in [0.4, 0.5) is 5.69 Å². The highest BCUT2D eigenvalue weighted by atomic mass is 127. The van der Waals surface area contributed by atoms with E-state index >= 15 is 0 Å². The first-order valence-electron chi connectivity index (χ1n) is 9.98. The van der Waals surface area contributed by atoms with Gasteiger partial charge >= 0.3 is 0 Å². The number of aromatic nitrogens is 1. The second-order valence-electron chi connectivity index (χ2n) is 6.90. The van der Waals surface area contributed by atoms with Crippen LogP contribution < -0.4 is 15.5 Å². The van der Waals surface area contributed by atoms with E-state index in [0.717, 1.165) is 66.8 Å². The van der Waals surface area contributed by atoms with E-state index in [2.05, 4.69) is 45.0 Å². The van der Waals surface area contributed by atoms with E-state index < -0.39 is 0 Å². The van der Waals surface area contributed by atoms with Gasteiger partial charge < -0.3 is 15.5 Å². The SMILES string of the molecule is CCNC(=NCc1ccc(N2CCCCC2=O)cc1)NCCc1csc(C)n1.I. The molecule has 0 aliphatic carbocycles. The summed E-state index contributed by atoms with van der Waals surface area (Å²) in [5, 5.41) is 9.86. The van der Waals surface area contributed by atoms with Crippen molar-refractivity contribution in [2.45, 2.75) is 46.1 Å². The maximum absolute atomic E-state index is 12.1. The van der Waals surface area contributed by atoms with Crippen molar-refractivity contribution in [3.63, 3.8) is 0 Å². The molecule has 29 heavy (non-hydrogen) atoms. The molecule has 1 aromatic carbocycles. The largest absolute Gasteiger partial charge is 0.357 e. The number of carbonyl (C=O) groups is 1. The number of guanidine groups is 1. The van der Waals surface area contributed by atoms with Crippen LogP contribution in [0.15, 0.2) is 34.6 Å². The Morgan fingerprint density at radius 1 is 1.24 bits per heavy atom. The van der Waals surface area contributed by atoms with Gasteiger partial charge in [-0.2, -0.15) is 0 Å². The summed E-state index contributed by atoms with van der Waals surface area (Å²) >= 11 is 1.68. The number of thiazole rings is 1. The van der Waals surface area contributed by atoms with E-state index in [1.807, 2.05) is 24.0 Å². The summed E-state index contributed by atoms with van der Waals surface area (Å²) in [4.78, 5) is 23.1. The molecule has 1 saturated heterocycles. The van der Waals surface area contributed by atoms with Crippen LogP contribution in [0.25, 0.3) is 0 Å². The Bertz CT molecular complexity index is 806. The van der Waals surface area contributed by atoms with Crippen LogP contribution in [0.3, 0.4) is 0 Å². The normalized spacial score (nSPS) is 14.5. The van der Waals surface area contributed by atoms with Crippen LogP contribution in [-0.2, 0) is 17.8 Å². The van der Waals surface area contributed by atoms with Gasteiger partial charge in [0.05, 0.1) is 17.2 Å². The van der Waals surface area contributed by atoms with Gasteiger partial charge in [0.15, 0.2) is 5.96 Å². The monoisotopic (exact) mass is 527 g/mol. The first-order chi connectivity index (χ1) is 13.7. The highest BCUT2D eigenvalue weighted by Gasteiger charge is 2.19. The van der Waals surface area contributed by atoms with Crippen LogP contribution in [0.1, 0.15) is 42.5 Å². The lowest BCUT2D eigenvalue weighted by molar-refractivity contribution is -0.119. The molecule has 1 amide bonds. The van der Waals surface area contributed by atoms with Gasteiger partial charge in [0.1, 0.15) is 0 Å². The molecule has 1 aliphatic heterocycles. The number of piperidine rings is 1. The number of halogens is 1. The Hall–Kier alpha value is -1.68. The molecule has 2 aromatic rings. The molecule has 1 aromatic heterocycles. The summed E-state index contributed by atoms with van der Waals surface area (Å²) < 4.78 is 0. The first kappa shape index (κ1) is 23.6. The molecule has 6 nitrogen and oxygen atoms in total. The van der Waals surface area contributed by atoms with Crippen molar-refractivity contribution in [2.24, 2.45) is 4.99 Å². The minimum atomic E-state index is 0. The fourth-order valence-corrected chi connectivity index (χ4v) is 3.85. The molecule has 0 radical (unpaired) electrons. The van der Waals surface area contributed by atoms with Crippen molar-refractivity contribution < 1.29 is 4.79 Å². The second-order valence-corrected chi connectivity index (χ2v) is 7.96. The van der Waals surface area contributed by atoms with Crippen molar-refractivity contribution in [3.05, 3.63) is 45.9 Å². The summed E-state index contributed by atoms with van der Waals surface area (Å²) in [5.41, 5.74) is 3.23. The molecule has 0 saturated carbocycles. The Morgan fingerprint density at radius 2 is 2.03 bits per heavy atom. The van der Waals surface area contributed by atoms with Crippen molar-refractivity contribution in [1.29, 1.82) is 0 Å². The van der Waals surface area contributed by atoms with Gasteiger partial charge in [0, 0.05) is 43.5 Å². The van der Waals surface area contributed by atoms with E-state index in [4.69, 9.17) is 0 Å². The van der Waals surface area contributed by atoms with Crippen molar-refractivity contribution in [3.8, 4) is 0 Å². The Labute approximate surface area is 194 Å². The molecule has 0 atom stereocenters. The van der Waals surface area contributed by atoms with Crippen molar-refractivity contribution in [2.75, 3.05) is 24.5 Å². The fraction of sp³-hybridized carbons (Fsp3) is 0.476. The molecule has 2 N–H and O–H groups in total. The van der Waals surface area contributed by atoms with E-state index in [0.29, 0.717) is 13.0 Å². The fourth-order valence-electron chi connectivity index (χ4n) is 3.20. The minimum Gasteiger partial charge on any atom is -0.357 e. The Balaban J connectivity index is 0.00000300. The maximum Gasteiger partial charge on any atom is 0.226 e. The zero-order valence-electron chi connectivity index (χ0n) is 17.1. The van der Waals surface area contributed by atoms with Gasteiger partial charge in [-0.25, -0.2) is 9.98 Å². The molecule has 1 fully saturated rings. The van der Waals surface area contributed by atoms with Crippen LogP contribution in [0.5, 0.6) is 0 Å². The van der Waals surface area contributed by atoms with Gasteiger partial charge in [-0.1, -0.05) is 12.1 Å². The number of anilines is 1. The van der Waals surface area contributed by atoms with Crippen molar-refractivity contribution in [1.82, 2.24) is 15.6 Å². The molecule has 158 valence electrons. The Morgan fingerprint density at radius 3 is 2.69 bits per heavy atom. The molecule has 0 unspecified atom stereocenters. The summed E-state index contributed by atoms with van der Waals surface area (Å²) in [7, 11) is 0. The lowest BCUT2D eigenvalue weighted by Crippen LogP contribution is -2.38. The van der Waals surface area contributed by atoms with Crippen LogP contribution in [0.2, 0.25) is 0 Å². The van der Waals surface area contributed by atoms with E-state index in [-0.39, 0.29) is 29.9 Å². The summed E-state index contributed by atoms with van der Waals surface area (Å²) in [5.74, 6) is 1.04. The zero-order chi connectivity index (χ0) is 19.8. The summed E-state index contributed by atoms with van der Waals surface area (Å²) in [6, 6.07) is 8.17. The highest BCUT2D eigenvalue weighted by molar-refractivity contribution is 14.0. The quantitative estimate of drug-likeness (QED) is 0.326. The molecule has 8 heteroatoms. The number of aryl methyl sites for hydroxylation is 1. The minimum absolute atomic E-state index is 0. The van der Waals surface area contributed by atoms with Gasteiger partial charge in [-0.3, -0.25) is 4.79 Å². The number of benzene rings is 1. The molecule has 3 rings (SSSR count). The van der Waals surface area contributed by atoms with Crippen LogP contribution in [0, 0.1) is 6.92 Å². The maximum atomic E-state index is 12.1. The van der Waals surface area contributed by atoms with E-state index in [9.17, 15) is 4.79 Å². The molecular formula is C21H30IN5OS. The number of aliphatic imine (C=N–C) groups is 1. The average molecular weight is 527 g/mol. The Kier molecular flexibility index (Phi) is 9.86. The predicted molar refractivity (Wildman–Crippen MR) is 131 cm³/mol. The number of carbonyl (C=O) groups excluding carboxylic acids is 1. The van der Waals surface area contributed by atoms with Gasteiger partial charge in [0.2, 0.25) is 5.91 Å². The summed E-state index contributed by atoms with van der Waals surface area (Å²) in [6.45, 7) is 7.12. The molecule has 1 aliphatic rings. The smallest absolute Gasteiger partial charge is 0.226 e. The van der Waals surface area contributed by atoms with Crippen molar-refractivity contribution >= 4 is 52.9 Å². The number of hydrogen-bond acceptors (Lipinski definition) is 4. The standard InChI is InChI=1S/C21H29N5OS.HI/c1-3-22-21(23-12-11-18-15-28-16(2)25-18)24-14-17-7-9-19(10-8-17)26-13-5-4-6-20(26)27;/h7-10,15H,3-6,11-14H2,1-2H3,(H2,22,23,24);1H. The lowest BCUT2D eigenvalue weighted by atomic mass is 10.1. The van der Waals surface area contributed by atoms with E-state index in [1.54, 1.807) is 11.3 Å². The number of nitrogens with zero attached hydrogens (tertiary/aromatic N) is 3. The molecular weight excluding hydrogens is 497 g/mol. The molecule has 2 heterocycles. The van der Waals surface area contributed by atoms with E-state index in [1.165, 1.54) is 0 Å².